The van der Waals surface area contributed by atoms with E-state index in [9.17, 15) is 8.42 Å². The van der Waals surface area contributed by atoms with Gasteiger partial charge in [0.1, 0.15) is 11.7 Å². The molecule has 3 rings (SSSR count). The molecule has 0 spiro atoms. The average Bonchev–Trinajstić information content (AvgIpc) is 2.90. The van der Waals surface area contributed by atoms with E-state index in [1.165, 1.54) is 6.26 Å². The summed E-state index contributed by atoms with van der Waals surface area (Å²) in [5, 5.41) is 13.6. The number of fused-ring (bicyclic) bond motifs is 1. The van der Waals surface area contributed by atoms with Crippen LogP contribution in [0.25, 0.3) is 11.4 Å². The van der Waals surface area contributed by atoms with Gasteiger partial charge in [0.05, 0.1) is 11.0 Å². The van der Waals surface area contributed by atoms with E-state index >= 15 is 0 Å². The Morgan fingerprint density at radius 3 is 2.67 bits per heavy atom. The van der Waals surface area contributed by atoms with Crippen molar-refractivity contribution in [2.45, 2.75) is 30.2 Å². The zero-order chi connectivity index (χ0) is 15.0. The summed E-state index contributed by atoms with van der Waals surface area (Å²) in [6.07, 6.45) is 2.90. The Morgan fingerprint density at radius 2 is 2.05 bits per heavy atom. The van der Waals surface area contributed by atoms with Crippen molar-refractivity contribution in [3.63, 3.8) is 0 Å². The van der Waals surface area contributed by atoms with Crippen molar-refractivity contribution in [1.29, 1.82) is 5.26 Å². The number of nitriles is 1. The highest BCUT2D eigenvalue weighted by molar-refractivity contribution is 7.90. The lowest BCUT2D eigenvalue weighted by Gasteiger charge is -2.15. The summed E-state index contributed by atoms with van der Waals surface area (Å²) in [7, 11) is -3.21. The van der Waals surface area contributed by atoms with Gasteiger partial charge in [-0.1, -0.05) is 0 Å². The standard InChI is InChI=1S/C14H14N4O2S/c1-21(19,20)12-6-4-10(5-7-12)13-16-14-11(9-15)3-2-8-18(14)17-13/h4-7,11H,2-3,8H2,1H3. The molecule has 7 heteroatoms. The molecule has 0 aliphatic carbocycles. The molecule has 108 valence electrons. The van der Waals surface area contributed by atoms with Crippen molar-refractivity contribution in [3.8, 4) is 17.5 Å². The molecule has 0 amide bonds. The Hall–Kier alpha value is -2.20. The summed E-state index contributed by atoms with van der Waals surface area (Å²) in [5.41, 5.74) is 0.751. The van der Waals surface area contributed by atoms with Crippen LogP contribution in [0.4, 0.5) is 0 Å². The van der Waals surface area contributed by atoms with Crippen molar-refractivity contribution in [2.24, 2.45) is 0 Å². The second-order valence-corrected chi connectivity index (χ2v) is 7.15. The van der Waals surface area contributed by atoms with Gasteiger partial charge in [-0.05, 0) is 37.1 Å². The highest BCUT2D eigenvalue weighted by atomic mass is 32.2. The maximum Gasteiger partial charge on any atom is 0.181 e. The van der Waals surface area contributed by atoms with Crippen LogP contribution in [0.3, 0.4) is 0 Å². The van der Waals surface area contributed by atoms with Crippen LogP contribution in [0, 0.1) is 11.3 Å². The van der Waals surface area contributed by atoms with Gasteiger partial charge < -0.3 is 0 Å². The molecule has 2 heterocycles. The number of aryl methyl sites for hydroxylation is 1. The third-order valence-corrected chi connectivity index (χ3v) is 4.70. The molecule has 0 saturated carbocycles. The van der Waals surface area contributed by atoms with Crippen molar-refractivity contribution < 1.29 is 8.42 Å². The largest absolute Gasteiger partial charge is 0.248 e. The Balaban J connectivity index is 1.99. The SMILES string of the molecule is CS(=O)(=O)c1ccc(-c2nc3n(n2)CCCC3C#N)cc1. The molecule has 0 N–H and O–H groups in total. The van der Waals surface area contributed by atoms with Crippen molar-refractivity contribution >= 4 is 9.84 Å². The lowest BCUT2D eigenvalue weighted by molar-refractivity contribution is 0.456. The zero-order valence-electron chi connectivity index (χ0n) is 11.5. The van der Waals surface area contributed by atoms with Crippen LogP contribution in [0.5, 0.6) is 0 Å². The number of hydrogen-bond donors (Lipinski definition) is 0. The fraction of sp³-hybridized carbons (Fsp3) is 0.357. The first-order chi connectivity index (χ1) is 9.99. The van der Waals surface area contributed by atoms with Crippen LogP contribution >= 0.6 is 0 Å². The summed E-state index contributed by atoms with van der Waals surface area (Å²) in [6, 6.07) is 8.73. The molecule has 21 heavy (non-hydrogen) atoms. The molecular weight excluding hydrogens is 288 g/mol. The van der Waals surface area contributed by atoms with E-state index in [-0.39, 0.29) is 10.8 Å². The first kappa shape index (κ1) is 13.8. The molecular formula is C14H14N4O2S. The average molecular weight is 302 g/mol. The molecule has 1 unspecified atom stereocenters. The van der Waals surface area contributed by atoms with Gasteiger partial charge in [0, 0.05) is 18.4 Å². The second kappa shape index (κ2) is 4.97. The van der Waals surface area contributed by atoms with Gasteiger partial charge in [-0.3, -0.25) is 0 Å². The smallest absolute Gasteiger partial charge is 0.181 e. The fourth-order valence-electron chi connectivity index (χ4n) is 2.45. The molecule has 1 aliphatic rings. The minimum Gasteiger partial charge on any atom is -0.248 e. The van der Waals surface area contributed by atoms with Crippen molar-refractivity contribution in [3.05, 3.63) is 30.1 Å². The Bertz CT molecular complexity index is 816. The van der Waals surface area contributed by atoms with Gasteiger partial charge in [-0.2, -0.15) is 10.4 Å². The van der Waals surface area contributed by atoms with Gasteiger partial charge in [0.15, 0.2) is 15.7 Å². The van der Waals surface area contributed by atoms with Crippen LogP contribution in [0.15, 0.2) is 29.2 Å². The number of rotatable bonds is 2. The van der Waals surface area contributed by atoms with E-state index in [1.54, 1.807) is 28.9 Å². The summed E-state index contributed by atoms with van der Waals surface area (Å²) in [5.74, 6) is 1.02. The van der Waals surface area contributed by atoms with Gasteiger partial charge in [-0.15, -0.1) is 0 Å². The monoisotopic (exact) mass is 302 g/mol. The summed E-state index contributed by atoms with van der Waals surface area (Å²) in [6.45, 7) is 0.766. The first-order valence-electron chi connectivity index (χ1n) is 6.64. The molecule has 0 radical (unpaired) electrons. The molecule has 6 nitrogen and oxygen atoms in total. The van der Waals surface area contributed by atoms with Crippen molar-refractivity contribution in [2.75, 3.05) is 6.26 Å². The molecule has 1 aromatic carbocycles. The van der Waals surface area contributed by atoms with Crippen LogP contribution in [0.1, 0.15) is 24.6 Å². The molecule has 1 atom stereocenters. The molecule has 0 saturated heterocycles. The van der Waals surface area contributed by atoms with Crippen LogP contribution in [-0.4, -0.2) is 29.4 Å². The van der Waals surface area contributed by atoms with E-state index in [4.69, 9.17) is 5.26 Å². The predicted octanol–water partition coefficient (Wildman–Crippen LogP) is 1.75. The van der Waals surface area contributed by atoms with E-state index in [1.807, 2.05) is 0 Å². The fourth-order valence-corrected chi connectivity index (χ4v) is 3.08. The number of hydrogen-bond acceptors (Lipinski definition) is 5. The quantitative estimate of drug-likeness (QED) is 0.843. The van der Waals surface area contributed by atoms with Gasteiger partial charge in [-0.25, -0.2) is 18.1 Å². The summed E-state index contributed by atoms with van der Waals surface area (Å²) < 4.78 is 24.7. The predicted molar refractivity (Wildman–Crippen MR) is 76.2 cm³/mol. The molecule has 1 aliphatic heterocycles. The van der Waals surface area contributed by atoms with Gasteiger partial charge in [0.2, 0.25) is 0 Å². The lowest BCUT2D eigenvalue weighted by atomic mass is 10.0. The zero-order valence-corrected chi connectivity index (χ0v) is 12.3. The van der Waals surface area contributed by atoms with Crippen LogP contribution < -0.4 is 0 Å². The van der Waals surface area contributed by atoms with E-state index < -0.39 is 9.84 Å². The number of aromatic nitrogens is 3. The number of sulfone groups is 1. The third-order valence-electron chi connectivity index (χ3n) is 3.57. The Morgan fingerprint density at radius 1 is 1.33 bits per heavy atom. The summed E-state index contributed by atoms with van der Waals surface area (Å²) in [4.78, 5) is 4.71. The van der Waals surface area contributed by atoms with Crippen LogP contribution in [-0.2, 0) is 16.4 Å². The van der Waals surface area contributed by atoms with E-state index in [2.05, 4.69) is 16.2 Å². The normalized spacial score (nSPS) is 18.0. The lowest BCUT2D eigenvalue weighted by Crippen LogP contribution is -2.15. The van der Waals surface area contributed by atoms with E-state index in [0.29, 0.717) is 11.6 Å². The molecule has 0 bridgehead atoms. The maximum atomic E-state index is 11.5. The minimum atomic E-state index is -3.21. The Kier molecular flexibility index (Phi) is 3.26. The molecule has 0 fully saturated rings. The second-order valence-electron chi connectivity index (χ2n) is 5.14. The first-order valence-corrected chi connectivity index (χ1v) is 8.53. The molecule has 2 aromatic rings. The van der Waals surface area contributed by atoms with Gasteiger partial charge in [0.25, 0.3) is 0 Å². The number of benzene rings is 1. The maximum absolute atomic E-state index is 11.5. The summed E-state index contributed by atoms with van der Waals surface area (Å²) >= 11 is 0. The van der Waals surface area contributed by atoms with Crippen molar-refractivity contribution in [1.82, 2.24) is 14.8 Å². The van der Waals surface area contributed by atoms with Crippen LogP contribution in [0.2, 0.25) is 0 Å². The molecule has 1 aromatic heterocycles. The highest BCUT2D eigenvalue weighted by Gasteiger charge is 2.24. The van der Waals surface area contributed by atoms with E-state index in [0.717, 1.165) is 24.9 Å². The topological polar surface area (TPSA) is 88.6 Å². The minimum absolute atomic E-state index is 0.213. The Labute approximate surface area is 123 Å². The highest BCUT2D eigenvalue weighted by Crippen LogP contribution is 2.27. The van der Waals surface area contributed by atoms with Gasteiger partial charge >= 0.3 is 0 Å². The number of nitrogens with zero attached hydrogens (tertiary/aromatic N) is 4. The third kappa shape index (κ3) is 2.54.